The van der Waals surface area contributed by atoms with Crippen LogP contribution in [0.2, 0.25) is 0 Å². The van der Waals surface area contributed by atoms with Crippen LogP contribution in [-0.4, -0.2) is 48.4 Å². The Labute approximate surface area is 141 Å². The van der Waals surface area contributed by atoms with E-state index in [4.69, 9.17) is 0 Å². The molecule has 130 valence electrons. The molecule has 2 amide bonds. The van der Waals surface area contributed by atoms with Gasteiger partial charge in [0.25, 0.3) is 0 Å². The number of amides is 2. The number of nitrogens with zero attached hydrogens (tertiary/aromatic N) is 2. The summed E-state index contributed by atoms with van der Waals surface area (Å²) in [5.74, 6) is -0.0446. The van der Waals surface area contributed by atoms with Crippen LogP contribution >= 0.6 is 0 Å². The average molecular weight is 333 g/mol. The van der Waals surface area contributed by atoms with Crippen LogP contribution in [0.25, 0.3) is 0 Å². The van der Waals surface area contributed by atoms with E-state index in [0.29, 0.717) is 25.2 Å². The summed E-state index contributed by atoms with van der Waals surface area (Å²) < 4.78 is 13.9. The first kappa shape index (κ1) is 16.9. The molecule has 2 aliphatic rings. The minimum absolute atomic E-state index is 0.0682. The molecule has 0 radical (unpaired) electrons. The summed E-state index contributed by atoms with van der Waals surface area (Å²) in [6, 6.07) is 6.31. The van der Waals surface area contributed by atoms with Crippen molar-refractivity contribution in [1.82, 2.24) is 10.2 Å². The van der Waals surface area contributed by atoms with E-state index in [2.05, 4.69) is 12.2 Å². The van der Waals surface area contributed by atoms with E-state index >= 15 is 0 Å². The molecule has 0 saturated carbocycles. The molecular weight excluding hydrogens is 309 g/mol. The largest absolute Gasteiger partial charge is 0.343 e. The molecule has 24 heavy (non-hydrogen) atoms. The van der Waals surface area contributed by atoms with Gasteiger partial charge in [-0.15, -0.1) is 0 Å². The highest BCUT2D eigenvalue weighted by Gasteiger charge is 2.37. The molecule has 0 aliphatic carbocycles. The van der Waals surface area contributed by atoms with Crippen LogP contribution in [0.3, 0.4) is 0 Å². The van der Waals surface area contributed by atoms with Crippen molar-refractivity contribution in [3.05, 3.63) is 30.1 Å². The monoisotopic (exact) mass is 333 g/mol. The third kappa shape index (κ3) is 3.29. The maximum Gasteiger partial charge on any atom is 0.244 e. The van der Waals surface area contributed by atoms with Gasteiger partial charge in [-0.2, -0.15) is 0 Å². The highest BCUT2D eigenvalue weighted by Crippen LogP contribution is 2.26. The van der Waals surface area contributed by atoms with Crippen molar-refractivity contribution in [3.8, 4) is 0 Å². The smallest absolute Gasteiger partial charge is 0.244 e. The highest BCUT2D eigenvalue weighted by molar-refractivity contribution is 5.99. The van der Waals surface area contributed by atoms with Gasteiger partial charge < -0.3 is 15.1 Å². The summed E-state index contributed by atoms with van der Waals surface area (Å²) in [5.41, 5.74) is 0.353. The van der Waals surface area contributed by atoms with Gasteiger partial charge in [0.15, 0.2) is 0 Å². The Morgan fingerprint density at radius 3 is 2.67 bits per heavy atom. The third-order valence-electron chi connectivity index (χ3n) is 5.11. The molecule has 1 aromatic carbocycles. The number of nitrogens with one attached hydrogen (secondary N) is 1. The number of hydrogen-bond acceptors (Lipinski definition) is 3. The summed E-state index contributed by atoms with van der Waals surface area (Å²) in [4.78, 5) is 27.5. The fourth-order valence-corrected chi connectivity index (χ4v) is 3.68. The predicted molar refractivity (Wildman–Crippen MR) is 90.1 cm³/mol. The van der Waals surface area contributed by atoms with Gasteiger partial charge in [-0.3, -0.25) is 9.59 Å². The molecule has 3 rings (SSSR count). The number of piperidine rings is 1. The van der Waals surface area contributed by atoms with Crippen molar-refractivity contribution >= 4 is 17.5 Å². The van der Waals surface area contributed by atoms with Crippen LogP contribution in [0.4, 0.5) is 10.1 Å². The summed E-state index contributed by atoms with van der Waals surface area (Å²) >= 11 is 0. The van der Waals surface area contributed by atoms with Gasteiger partial charge >= 0.3 is 0 Å². The van der Waals surface area contributed by atoms with E-state index in [1.807, 2.05) is 4.90 Å². The van der Waals surface area contributed by atoms with Crippen molar-refractivity contribution in [2.24, 2.45) is 5.92 Å². The van der Waals surface area contributed by atoms with Gasteiger partial charge in [-0.25, -0.2) is 4.39 Å². The average Bonchev–Trinajstić information content (AvgIpc) is 2.90. The molecule has 1 aromatic rings. The second-order valence-corrected chi connectivity index (χ2v) is 6.79. The first-order chi connectivity index (χ1) is 11.5. The summed E-state index contributed by atoms with van der Waals surface area (Å²) in [7, 11) is 0. The lowest BCUT2D eigenvalue weighted by molar-refractivity contribution is -0.131. The van der Waals surface area contributed by atoms with E-state index < -0.39 is 0 Å². The van der Waals surface area contributed by atoms with Crippen LogP contribution in [-0.2, 0) is 9.59 Å². The molecule has 6 heteroatoms. The number of para-hydroxylation sites is 1. The van der Waals surface area contributed by atoms with Crippen molar-refractivity contribution in [3.63, 3.8) is 0 Å². The quantitative estimate of drug-likeness (QED) is 0.917. The zero-order valence-electron chi connectivity index (χ0n) is 14.2. The highest BCUT2D eigenvalue weighted by atomic mass is 19.1. The molecule has 5 nitrogen and oxygen atoms in total. The lowest BCUT2D eigenvalue weighted by atomic mass is 9.93. The normalized spacial score (nSPS) is 27.6. The number of carbonyl (C=O) groups is 2. The molecule has 0 spiro atoms. The van der Waals surface area contributed by atoms with Gasteiger partial charge in [0, 0.05) is 32.6 Å². The van der Waals surface area contributed by atoms with Crippen LogP contribution in [0, 0.1) is 11.7 Å². The first-order valence-corrected chi connectivity index (χ1v) is 8.55. The van der Waals surface area contributed by atoms with E-state index in [0.717, 1.165) is 13.0 Å². The van der Waals surface area contributed by atoms with Crippen molar-refractivity contribution in [2.45, 2.75) is 38.8 Å². The first-order valence-electron chi connectivity index (χ1n) is 8.55. The van der Waals surface area contributed by atoms with E-state index in [9.17, 15) is 14.0 Å². The Kier molecular flexibility index (Phi) is 4.85. The SMILES string of the molecule is CC(=O)N1CC[C@H](N[C@H]2CCN(c3ccccc3F)C2=O)[C@@H](C)C1. The maximum absolute atomic E-state index is 13.9. The number of rotatable bonds is 3. The number of benzene rings is 1. The predicted octanol–water partition coefficient (Wildman–Crippen LogP) is 1.78. The Bertz CT molecular complexity index is 636. The van der Waals surface area contributed by atoms with E-state index in [1.165, 1.54) is 11.0 Å². The maximum atomic E-state index is 13.9. The Balaban J connectivity index is 1.62. The molecule has 2 aliphatic heterocycles. The molecular formula is C18H24FN3O2. The third-order valence-corrected chi connectivity index (χ3v) is 5.11. The molecule has 1 N–H and O–H groups in total. The molecule has 0 unspecified atom stereocenters. The second-order valence-electron chi connectivity index (χ2n) is 6.79. The minimum Gasteiger partial charge on any atom is -0.343 e. The van der Waals surface area contributed by atoms with Crippen molar-refractivity contribution in [1.29, 1.82) is 0 Å². The van der Waals surface area contributed by atoms with Gasteiger partial charge in [0.05, 0.1) is 11.7 Å². The molecule has 0 aromatic heterocycles. The zero-order valence-corrected chi connectivity index (χ0v) is 14.2. The molecule has 2 saturated heterocycles. The molecule has 2 heterocycles. The minimum atomic E-state index is -0.366. The van der Waals surface area contributed by atoms with Gasteiger partial charge in [0.2, 0.25) is 11.8 Å². The van der Waals surface area contributed by atoms with Gasteiger partial charge in [-0.05, 0) is 30.9 Å². The van der Waals surface area contributed by atoms with Crippen LogP contribution < -0.4 is 10.2 Å². The lowest BCUT2D eigenvalue weighted by Crippen LogP contribution is -2.53. The summed E-state index contributed by atoms with van der Waals surface area (Å²) in [6.45, 7) is 5.65. The number of carbonyl (C=O) groups excluding carboxylic acids is 2. The number of anilines is 1. The Morgan fingerprint density at radius 2 is 2.00 bits per heavy atom. The van der Waals surface area contributed by atoms with Crippen molar-refractivity contribution < 1.29 is 14.0 Å². The summed E-state index contributed by atoms with van der Waals surface area (Å²) in [5, 5.41) is 3.44. The Hall–Kier alpha value is -1.95. The number of halogens is 1. The standard InChI is InChI=1S/C18H24FN3O2/c1-12-11-21(13(2)23)9-7-15(12)20-16-8-10-22(18(16)24)17-6-4-3-5-14(17)19/h3-6,12,15-16,20H,7-11H2,1-2H3/t12-,15-,16-/m0/s1. The fraction of sp³-hybridized carbons (Fsp3) is 0.556. The number of hydrogen-bond donors (Lipinski definition) is 1. The van der Waals surface area contributed by atoms with Crippen LogP contribution in [0.15, 0.2) is 24.3 Å². The molecule has 2 fully saturated rings. The van der Waals surface area contributed by atoms with E-state index in [-0.39, 0.29) is 35.6 Å². The van der Waals surface area contributed by atoms with Crippen LogP contribution in [0.5, 0.6) is 0 Å². The topological polar surface area (TPSA) is 52.7 Å². The zero-order chi connectivity index (χ0) is 17.3. The Morgan fingerprint density at radius 1 is 1.25 bits per heavy atom. The summed E-state index contributed by atoms with van der Waals surface area (Å²) in [6.07, 6.45) is 1.51. The van der Waals surface area contributed by atoms with E-state index in [1.54, 1.807) is 25.1 Å². The number of likely N-dealkylation sites (tertiary alicyclic amines) is 1. The van der Waals surface area contributed by atoms with Crippen molar-refractivity contribution in [2.75, 3.05) is 24.5 Å². The fourth-order valence-electron chi connectivity index (χ4n) is 3.68. The van der Waals surface area contributed by atoms with Gasteiger partial charge in [-0.1, -0.05) is 19.1 Å². The molecule has 0 bridgehead atoms. The second kappa shape index (κ2) is 6.89. The lowest BCUT2D eigenvalue weighted by Gasteiger charge is -2.38. The molecule has 3 atom stereocenters. The van der Waals surface area contributed by atoms with Crippen LogP contribution in [0.1, 0.15) is 26.7 Å². The van der Waals surface area contributed by atoms with Gasteiger partial charge in [0.1, 0.15) is 5.82 Å².